The van der Waals surface area contributed by atoms with Gasteiger partial charge < -0.3 is 4.90 Å². The van der Waals surface area contributed by atoms with Crippen LogP contribution in [0.25, 0.3) is 0 Å². The molecule has 0 aromatic heterocycles. The Labute approximate surface area is 146 Å². The lowest BCUT2D eigenvalue weighted by atomic mass is 10.1. The van der Waals surface area contributed by atoms with Gasteiger partial charge in [0.15, 0.2) is 0 Å². The molecule has 0 N–H and O–H groups in total. The van der Waals surface area contributed by atoms with Gasteiger partial charge in [-0.2, -0.15) is 0 Å². The van der Waals surface area contributed by atoms with Crippen LogP contribution in [0.3, 0.4) is 0 Å². The van der Waals surface area contributed by atoms with Crippen LogP contribution in [0.15, 0.2) is 18.2 Å². The zero-order chi connectivity index (χ0) is 18.3. The lowest BCUT2D eigenvalue weighted by Crippen LogP contribution is -2.36. The fourth-order valence-electron chi connectivity index (χ4n) is 2.71. The molecular formula is C18H30N2O3S. The Balaban J connectivity index is 3.00. The fraction of sp³-hybridized carbons (Fsp3) is 0.611. The van der Waals surface area contributed by atoms with Crippen LogP contribution in [-0.4, -0.2) is 45.6 Å². The number of rotatable bonds is 9. The summed E-state index contributed by atoms with van der Waals surface area (Å²) in [5.41, 5.74) is 2.60. The highest BCUT2D eigenvalue weighted by atomic mass is 32.2. The van der Waals surface area contributed by atoms with Crippen molar-refractivity contribution in [3.05, 3.63) is 29.3 Å². The Kier molecular flexibility index (Phi) is 7.73. The second-order valence-corrected chi connectivity index (χ2v) is 8.10. The van der Waals surface area contributed by atoms with Crippen molar-refractivity contribution in [2.45, 2.75) is 46.5 Å². The monoisotopic (exact) mass is 354 g/mol. The Bertz CT molecular complexity index is 656. The molecule has 0 saturated heterocycles. The highest BCUT2D eigenvalue weighted by molar-refractivity contribution is 7.92. The molecule has 0 saturated carbocycles. The highest BCUT2D eigenvalue weighted by Gasteiger charge is 2.23. The number of para-hydroxylation sites is 1. The van der Waals surface area contributed by atoms with Gasteiger partial charge in [-0.15, -0.1) is 0 Å². The van der Waals surface area contributed by atoms with E-state index in [-0.39, 0.29) is 18.9 Å². The molecule has 0 unspecified atom stereocenters. The quantitative estimate of drug-likeness (QED) is 0.685. The number of anilines is 1. The second kappa shape index (κ2) is 9.06. The summed E-state index contributed by atoms with van der Waals surface area (Å²) in [6.07, 6.45) is 4.11. The largest absolute Gasteiger partial charge is 0.346 e. The zero-order valence-electron chi connectivity index (χ0n) is 15.5. The molecule has 0 bridgehead atoms. The predicted molar refractivity (Wildman–Crippen MR) is 99.9 cm³/mol. The smallest absolute Gasteiger partial charge is 0.232 e. The molecule has 1 rings (SSSR count). The van der Waals surface area contributed by atoms with E-state index in [2.05, 4.69) is 6.92 Å². The van der Waals surface area contributed by atoms with E-state index < -0.39 is 10.0 Å². The van der Waals surface area contributed by atoms with Crippen LogP contribution in [0.2, 0.25) is 0 Å². The standard InChI is InChI=1S/C18H30N2O3S/c1-6-8-13-19(4)17(21)12-14-20(24(5,22)23)18-15(3)10-9-11-16(18)7-2/h9-11H,6-8,12-14H2,1-5H3. The van der Waals surface area contributed by atoms with Gasteiger partial charge in [0, 0.05) is 26.6 Å². The maximum absolute atomic E-state index is 12.3. The van der Waals surface area contributed by atoms with Gasteiger partial charge in [0.25, 0.3) is 0 Å². The molecule has 0 aliphatic carbocycles. The van der Waals surface area contributed by atoms with Gasteiger partial charge in [-0.25, -0.2) is 8.42 Å². The number of sulfonamides is 1. The summed E-state index contributed by atoms with van der Waals surface area (Å²) in [6, 6.07) is 5.78. The van der Waals surface area contributed by atoms with Crippen LogP contribution in [0, 0.1) is 6.92 Å². The lowest BCUT2D eigenvalue weighted by molar-refractivity contribution is -0.129. The summed E-state index contributed by atoms with van der Waals surface area (Å²) < 4.78 is 26.0. The topological polar surface area (TPSA) is 57.7 Å². The normalized spacial score (nSPS) is 11.4. The minimum absolute atomic E-state index is 0.0243. The van der Waals surface area contributed by atoms with Crippen molar-refractivity contribution < 1.29 is 13.2 Å². The Hall–Kier alpha value is -1.56. The molecule has 5 nitrogen and oxygen atoms in total. The summed E-state index contributed by atoms with van der Waals surface area (Å²) >= 11 is 0. The van der Waals surface area contributed by atoms with Crippen molar-refractivity contribution in [3.8, 4) is 0 Å². The van der Waals surface area contributed by atoms with Gasteiger partial charge in [-0.05, 0) is 30.9 Å². The van der Waals surface area contributed by atoms with Crippen LogP contribution in [0.4, 0.5) is 5.69 Å². The third-order valence-electron chi connectivity index (χ3n) is 4.15. The zero-order valence-corrected chi connectivity index (χ0v) is 16.3. The van der Waals surface area contributed by atoms with E-state index >= 15 is 0 Å². The number of hydrogen-bond donors (Lipinski definition) is 0. The maximum Gasteiger partial charge on any atom is 0.232 e. The molecule has 1 aromatic rings. The predicted octanol–water partition coefficient (Wildman–Crippen LogP) is 2.97. The number of nitrogens with zero attached hydrogens (tertiary/aromatic N) is 2. The van der Waals surface area contributed by atoms with Gasteiger partial charge in [0.1, 0.15) is 0 Å². The number of unbranched alkanes of at least 4 members (excludes halogenated alkanes) is 1. The highest BCUT2D eigenvalue weighted by Crippen LogP contribution is 2.28. The van der Waals surface area contributed by atoms with E-state index in [1.54, 1.807) is 11.9 Å². The average molecular weight is 355 g/mol. The molecule has 0 spiro atoms. The average Bonchev–Trinajstić information content (AvgIpc) is 2.52. The Morgan fingerprint density at radius 3 is 2.38 bits per heavy atom. The number of benzene rings is 1. The molecule has 1 aromatic carbocycles. The molecule has 0 aliphatic rings. The first-order valence-corrected chi connectivity index (χ1v) is 10.4. The van der Waals surface area contributed by atoms with Crippen LogP contribution < -0.4 is 4.31 Å². The molecule has 0 heterocycles. The number of amides is 1. The number of aryl methyl sites for hydroxylation is 2. The molecule has 6 heteroatoms. The number of carbonyl (C=O) groups excluding carboxylic acids is 1. The van der Waals surface area contributed by atoms with E-state index in [1.807, 2.05) is 32.0 Å². The second-order valence-electron chi connectivity index (χ2n) is 6.19. The van der Waals surface area contributed by atoms with Crippen molar-refractivity contribution >= 4 is 21.6 Å². The van der Waals surface area contributed by atoms with Crippen LogP contribution >= 0.6 is 0 Å². The first-order chi connectivity index (χ1) is 11.2. The van der Waals surface area contributed by atoms with E-state index in [0.717, 1.165) is 30.4 Å². The van der Waals surface area contributed by atoms with Gasteiger partial charge in [-0.1, -0.05) is 38.5 Å². The van der Waals surface area contributed by atoms with E-state index in [9.17, 15) is 13.2 Å². The van der Waals surface area contributed by atoms with Gasteiger partial charge in [0.05, 0.1) is 11.9 Å². The first kappa shape index (κ1) is 20.5. The summed E-state index contributed by atoms with van der Waals surface area (Å²) in [7, 11) is -1.68. The molecule has 0 atom stereocenters. The third kappa shape index (κ3) is 5.51. The van der Waals surface area contributed by atoms with Crippen LogP contribution in [-0.2, 0) is 21.2 Å². The van der Waals surface area contributed by atoms with Crippen LogP contribution in [0.1, 0.15) is 44.2 Å². The molecule has 24 heavy (non-hydrogen) atoms. The van der Waals surface area contributed by atoms with Crippen molar-refractivity contribution in [2.75, 3.05) is 30.7 Å². The van der Waals surface area contributed by atoms with Crippen molar-refractivity contribution in [1.82, 2.24) is 4.90 Å². The summed E-state index contributed by atoms with van der Waals surface area (Å²) in [5, 5.41) is 0. The molecule has 0 aliphatic heterocycles. The van der Waals surface area contributed by atoms with Crippen molar-refractivity contribution in [3.63, 3.8) is 0 Å². The molecule has 1 amide bonds. The van der Waals surface area contributed by atoms with Crippen LogP contribution in [0.5, 0.6) is 0 Å². The molecule has 0 fully saturated rings. The number of carbonyl (C=O) groups is 1. The first-order valence-electron chi connectivity index (χ1n) is 8.52. The van der Waals surface area contributed by atoms with Gasteiger partial charge in [0.2, 0.25) is 15.9 Å². The van der Waals surface area contributed by atoms with E-state index in [1.165, 1.54) is 10.6 Å². The molecular weight excluding hydrogens is 324 g/mol. The maximum atomic E-state index is 12.3. The SMILES string of the molecule is CCCCN(C)C(=O)CCN(c1c(C)cccc1CC)S(C)(=O)=O. The van der Waals surface area contributed by atoms with Gasteiger partial charge >= 0.3 is 0 Å². The Morgan fingerprint density at radius 1 is 1.17 bits per heavy atom. The van der Waals surface area contributed by atoms with Crippen molar-refractivity contribution in [2.24, 2.45) is 0 Å². The Morgan fingerprint density at radius 2 is 1.83 bits per heavy atom. The lowest BCUT2D eigenvalue weighted by Gasteiger charge is -2.27. The summed E-state index contributed by atoms with van der Waals surface area (Å²) in [5.74, 6) is -0.0243. The van der Waals surface area contributed by atoms with E-state index in [0.29, 0.717) is 12.2 Å². The minimum Gasteiger partial charge on any atom is -0.346 e. The minimum atomic E-state index is -3.45. The molecule has 0 radical (unpaired) electrons. The van der Waals surface area contributed by atoms with Crippen molar-refractivity contribution in [1.29, 1.82) is 0 Å². The molecule has 136 valence electrons. The summed E-state index contributed by atoms with van der Waals surface area (Å²) in [4.78, 5) is 13.9. The fourth-order valence-corrected chi connectivity index (χ4v) is 3.73. The van der Waals surface area contributed by atoms with Gasteiger partial charge in [-0.3, -0.25) is 9.10 Å². The number of hydrogen-bond acceptors (Lipinski definition) is 3. The summed E-state index contributed by atoms with van der Waals surface area (Å²) in [6.45, 7) is 6.86. The van der Waals surface area contributed by atoms with E-state index in [4.69, 9.17) is 0 Å². The third-order valence-corrected chi connectivity index (χ3v) is 5.32.